The first kappa shape index (κ1) is 23.1. The van der Waals surface area contributed by atoms with Crippen LogP contribution in [0.1, 0.15) is 34.6 Å². The molecule has 2 atom stereocenters. The van der Waals surface area contributed by atoms with E-state index in [0.717, 1.165) is 10.4 Å². The average Bonchev–Trinajstić information content (AvgIpc) is 2.70. The molecule has 0 aliphatic rings. The number of rotatable bonds is 8. The lowest BCUT2D eigenvalue weighted by Crippen LogP contribution is -2.68. The van der Waals surface area contributed by atoms with E-state index in [4.69, 9.17) is 9.16 Å². The molecule has 0 bridgehead atoms. The zero-order chi connectivity index (χ0) is 21.5. The first-order chi connectivity index (χ1) is 13.7. The summed E-state index contributed by atoms with van der Waals surface area (Å²) in [7, 11) is -2.76. The van der Waals surface area contributed by atoms with Crippen LogP contribution in [0.3, 0.4) is 0 Å². The molecule has 0 aromatic heterocycles. The van der Waals surface area contributed by atoms with Crippen molar-refractivity contribution in [3.05, 3.63) is 72.8 Å². The highest BCUT2D eigenvalue weighted by Gasteiger charge is 2.51. The van der Waals surface area contributed by atoms with Crippen molar-refractivity contribution in [2.24, 2.45) is 0 Å². The molecule has 0 saturated heterocycles. The van der Waals surface area contributed by atoms with E-state index in [1.807, 2.05) is 43.3 Å². The lowest BCUT2D eigenvalue weighted by atomic mass is 10.2. The number of carbonyl (C=O) groups excluding carboxylic acids is 1. The summed E-state index contributed by atoms with van der Waals surface area (Å²) in [5.41, 5.74) is 0. The van der Waals surface area contributed by atoms with Crippen molar-refractivity contribution in [1.29, 1.82) is 0 Å². The normalized spacial score (nSPS) is 14.6. The van der Waals surface area contributed by atoms with Gasteiger partial charge in [0, 0.05) is 6.08 Å². The van der Waals surface area contributed by atoms with Gasteiger partial charge < -0.3 is 14.3 Å². The third kappa shape index (κ3) is 5.44. The Morgan fingerprint density at radius 2 is 1.52 bits per heavy atom. The van der Waals surface area contributed by atoms with Crippen molar-refractivity contribution in [3.8, 4) is 0 Å². The van der Waals surface area contributed by atoms with E-state index < -0.39 is 26.5 Å². The third-order valence-corrected chi connectivity index (χ3v) is 10.1. The van der Waals surface area contributed by atoms with E-state index in [-0.39, 0.29) is 5.04 Å². The Labute approximate surface area is 175 Å². The molecule has 0 fully saturated rings. The molecule has 0 saturated carbocycles. The number of aliphatic hydroxyl groups excluding tert-OH is 1. The van der Waals surface area contributed by atoms with Crippen LogP contribution >= 0.6 is 0 Å². The quantitative estimate of drug-likeness (QED) is 0.410. The van der Waals surface area contributed by atoms with Gasteiger partial charge in [0.05, 0.1) is 18.8 Å². The number of aliphatic hydroxyl groups is 1. The second-order valence-electron chi connectivity index (χ2n) is 8.09. The maximum atomic E-state index is 11.6. The summed E-state index contributed by atoms with van der Waals surface area (Å²) in [6, 6.07) is 20.5. The fourth-order valence-electron chi connectivity index (χ4n) is 3.56. The maximum Gasteiger partial charge on any atom is 0.330 e. The van der Waals surface area contributed by atoms with Gasteiger partial charge in [-0.2, -0.15) is 0 Å². The van der Waals surface area contributed by atoms with Crippen LogP contribution in [-0.2, 0) is 14.0 Å². The monoisotopic (exact) mass is 412 g/mol. The van der Waals surface area contributed by atoms with Gasteiger partial charge in [-0.1, -0.05) is 81.4 Å². The maximum absolute atomic E-state index is 11.6. The molecule has 0 radical (unpaired) electrons. The number of esters is 1. The lowest BCUT2D eigenvalue weighted by Gasteiger charge is -2.45. The van der Waals surface area contributed by atoms with Crippen LogP contribution in [0, 0.1) is 0 Å². The minimum Gasteiger partial charge on any atom is -0.463 e. The Hall–Kier alpha value is -2.21. The van der Waals surface area contributed by atoms with Crippen LogP contribution in [0.2, 0.25) is 5.04 Å². The largest absolute Gasteiger partial charge is 0.463 e. The fourth-order valence-corrected chi connectivity index (χ4v) is 8.28. The Morgan fingerprint density at radius 3 is 1.93 bits per heavy atom. The summed E-state index contributed by atoms with van der Waals surface area (Å²) < 4.78 is 11.7. The summed E-state index contributed by atoms with van der Waals surface area (Å²) in [5, 5.41) is 12.8. The van der Waals surface area contributed by atoms with E-state index in [9.17, 15) is 9.90 Å². The van der Waals surface area contributed by atoms with Crippen LogP contribution in [0.4, 0.5) is 0 Å². The van der Waals surface area contributed by atoms with E-state index in [0.29, 0.717) is 6.61 Å². The molecule has 4 nitrogen and oxygen atoms in total. The molecule has 29 heavy (non-hydrogen) atoms. The summed E-state index contributed by atoms with van der Waals surface area (Å²) in [5.74, 6) is -0.468. The number of hydrogen-bond donors (Lipinski definition) is 1. The van der Waals surface area contributed by atoms with Gasteiger partial charge in [0.1, 0.15) is 0 Å². The zero-order valence-corrected chi connectivity index (χ0v) is 19.0. The van der Waals surface area contributed by atoms with Gasteiger partial charge in [-0.3, -0.25) is 0 Å². The van der Waals surface area contributed by atoms with E-state index in [1.165, 1.54) is 12.2 Å². The SMILES string of the molecule is CCOC(=O)/C=C/[C@@H](O)[C@@H](C)O[Si](c1ccccc1)(c1ccccc1)C(C)(C)C. The number of ether oxygens (including phenoxy) is 1. The van der Waals surface area contributed by atoms with Crippen LogP contribution < -0.4 is 10.4 Å². The van der Waals surface area contributed by atoms with Gasteiger partial charge in [-0.25, -0.2) is 4.79 Å². The number of carbonyl (C=O) groups is 1. The molecule has 0 aliphatic carbocycles. The third-order valence-electron chi connectivity index (χ3n) is 4.98. The molecule has 0 heterocycles. The Kier molecular flexibility index (Phi) is 7.96. The number of benzene rings is 2. The molecular formula is C24H32O4Si. The summed E-state index contributed by atoms with van der Waals surface area (Å²) >= 11 is 0. The molecule has 0 amide bonds. The van der Waals surface area contributed by atoms with Gasteiger partial charge in [0.2, 0.25) is 0 Å². The van der Waals surface area contributed by atoms with E-state index in [1.54, 1.807) is 6.92 Å². The van der Waals surface area contributed by atoms with Gasteiger partial charge in [0.25, 0.3) is 8.32 Å². The van der Waals surface area contributed by atoms with Gasteiger partial charge in [-0.15, -0.1) is 0 Å². The van der Waals surface area contributed by atoms with Crippen molar-refractivity contribution < 1.29 is 19.1 Å². The van der Waals surface area contributed by atoms with Crippen LogP contribution in [-0.4, -0.2) is 38.2 Å². The van der Waals surface area contributed by atoms with Crippen molar-refractivity contribution in [3.63, 3.8) is 0 Å². The van der Waals surface area contributed by atoms with E-state index in [2.05, 4.69) is 45.0 Å². The molecule has 156 valence electrons. The van der Waals surface area contributed by atoms with Gasteiger partial charge >= 0.3 is 5.97 Å². The molecule has 1 N–H and O–H groups in total. The second kappa shape index (κ2) is 10.0. The predicted molar refractivity (Wildman–Crippen MR) is 120 cm³/mol. The molecule has 2 rings (SSSR count). The first-order valence-electron chi connectivity index (χ1n) is 10.0. The second-order valence-corrected chi connectivity index (χ2v) is 12.3. The summed E-state index contributed by atoms with van der Waals surface area (Å²) in [6.07, 6.45) is 1.27. The first-order valence-corrected chi connectivity index (χ1v) is 11.9. The van der Waals surface area contributed by atoms with Crippen molar-refractivity contribution >= 4 is 24.7 Å². The van der Waals surface area contributed by atoms with Crippen LogP contribution in [0.25, 0.3) is 0 Å². The molecule has 5 heteroatoms. The highest BCUT2D eigenvalue weighted by atomic mass is 28.4. The van der Waals surface area contributed by atoms with Crippen molar-refractivity contribution in [1.82, 2.24) is 0 Å². The molecule has 2 aromatic carbocycles. The topological polar surface area (TPSA) is 55.8 Å². The molecule has 0 aliphatic heterocycles. The highest BCUT2D eigenvalue weighted by Crippen LogP contribution is 2.37. The van der Waals surface area contributed by atoms with Gasteiger partial charge in [-0.05, 0) is 35.3 Å². The van der Waals surface area contributed by atoms with Crippen molar-refractivity contribution in [2.75, 3.05) is 6.61 Å². The lowest BCUT2D eigenvalue weighted by molar-refractivity contribution is -0.137. The minimum absolute atomic E-state index is 0.186. The average molecular weight is 413 g/mol. The minimum atomic E-state index is -2.76. The zero-order valence-electron chi connectivity index (χ0n) is 18.0. The van der Waals surface area contributed by atoms with Crippen molar-refractivity contribution in [2.45, 2.75) is 51.9 Å². The number of hydrogen-bond acceptors (Lipinski definition) is 4. The Bertz CT molecular complexity index is 757. The van der Waals surface area contributed by atoms with Crippen LogP contribution in [0.15, 0.2) is 72.8 Å². The van der Waals surface area contributed by atoms with Gasteiger partial charge in [0.15, 0.2) is 0 Å². The molecular weight excluding hydrogens is 380 g/mol. The molecule has 0 unspecified atom stereocenters. The standard InChI is InChI=1S/C24H32O4Si/c1-6-27-23(26)18-17-22(25)19(2)28-29(24(3,4)5,20-13-9-7-10-14-20)21-15-11-8-12-16-21/h7-19,22,25H,6H2,1-5H3/b18-17+/t19-,22-/m1/s1. The molecule has 2 aromatic rings. The predicted octanol–water partition coefficient (Wildman–Crippen LogP) is 3.43. The summed E-state index contributed by atoms with van der Waals surface area (Å²) in [6.45, 7) is 10.5. The fraction of sp³-hybridized carbons (Fsp3) is 0.375. The van der Waals surface area contributed by atoms with E-state index >= 15 is 0 Å². The smallest absolute Gasteiger partial charge is 0.330 e. The van der Waals surface area contributed by atoms with Crippen LogP contribution in [0.5, 0.6) is 0 Å². The summed E-state index contributed by atoms with van der Waals surface area (Å²) in [4.78, 5) is 11.6. The Morgan fingerprint density at radius 1 is 1.03 bits per heavy atom. The Balaban J connectivity index is 2.47. The highest BCUT2D eigenvalue weighted by molar-refractivity contribution is 6.99. The molecule has 0 spiro atoms.